The molecule has 1 aliphatic carbocycles. The van der Waals surface area contributed by atoms with Gasteiger partial charge in [0.05, 0.1) is 0 Å². The predicted octanol–water partition coefficient (Wildman–Crippen LogP) is 3.99. The van der Waals surface area contributed by atoms with Crippen molar-refractivity contribution in [3.05, 3.63) is 12.2 Å². The van der Waals surface area contributed by atoms with E-state index in [1.807, 2.05) is 25.7 Å². The van der Waals surface area contributed by atoms with Crippen molar-refractivity contribution >= 4 is 6.09 Å². The van der Waals surface area contributed by atoms with Crippen LogP contribution in [0.5, 0.6) is 0 Å². The van der Waals surface area contributed by atoms with E-state index in [2.05, 4.69) is 13.5 Å². The van der Waals surface area contributed by atoms with Crippen LogP contribution in [0.4, 0.5) is 4.79 Å². The van der Waals surface area contributed by atoms with Crippen LogP contribution in [0.15, 0.2) is 12.2 Å². The van der Waals surface area contributed by atoms with Crippen LogP contribution < -0.4 is 0 Å². The van der Waals surface area contributed by atoms with Crippen molar-refractivity contribution in [3.8, 4) is 0 Å². The van der Waals surface area contributed by atoms with Gasteiger partial charge in [0, 0.05) is 18.5 Å². The van der Waals surface area contributed by atoms with E-state index in [4.69, 9.17) is 4.74 Å². The molecule has 0 aromatic heterocycles. The highest BCUT2D eigenvalue weighted by atomic mass is 16.6. The highest BCUT2D eigenvalue weighted by molar-refractivity contribution is 5.69. The molecule has 108 valence electrons. The number of amides is 1. The summed E-state index contributed by atoms with van der Waals surface area (Å²) in [5.74, 6) is 0.845. The average molecular weight is 265 g/mol. The predicted molar refractivity (Wildman–Crippen MR) is 77.0 cm³/mol. The number of carbonyl (C=O) groups excluding carboxylic acids is 1. The van der Waals surface area contributed by atoms with Gasteiger partial charge in [0.1, 0.15) is 5.60 Å². The molecule has 1 heterocycles. The van der Waals surface area contributed by atoms with Crippen LogP contribution in [-0.4, -0.2) is 29.7 Å². The first-order chi connectivity index (χ1) is 8.69. The van der Waals surface area contributed by atoms with Gasteiger partial charge in [-0.25, -0.2) is 4.79 Å². The van der Waals surface area contributed by atoms with Crippen LogP contribution in [0.25, 0.3) is 0 Å². The first kappa shape index (κ1) is 14.4. The molecular weight excluding hydrogens is 238 g/mol. The summed E-state index contributed by atoms with van der Waals surface area (Å²) >= 11 is 0. The molecule has 1 saturated carbocycles. The molecule has 1 spiro atoms. The minimum atomic E-state index is -0.385. The molecule has 0 aromatic carbocycles. The van der Waals surface area contributed by atoms with Gasteiger partial charge in [-0.05, 0) is 59.3 Å². The summed E-state index contributed by atoms with van der Waals surface area (Å²) < 4.78 is 5.38. The topological polar surface area (TPSA) is 29.5 Å². The largest absolute Gasteiger partial charge is 0.444 e. The van der Waals surface area contributed by atoms with Gasteiger partial charge >= 0.3 is 6.09 Å². The smallest absolute Gasteiger partial charge is 0.410 e. The van der Waals surface area contributed by atoms with Gasteiger partial charge in [0.15, 0.2) is 0 Å². The lowest BCUT2D eigenvalue weighted by Crippen LogP contribution is -2.64. The fraction of sp³-hybridized carbons (Fsp3) is 0.812. The third-order valence-electron chi connectivity index (χ3n) is 4.13. The number of nitrogens with zero attached hydrogens (tertiary/aromatic N) is 1. The monoisotopic (exact) mass is 265 g/mol. The Bertz CT molecular complexity index is 367. The Balaban J connectivity index is 1.67. The van der Waals surface area contributed by atoms with E-state index in [1.54, 1.807) is 0 Å². The van der Waals surface area contributed by atoms with Crippen LogP contribution in [0.3, 0.4) is 0 Å². The molecule has 3 nitrogen and oxygen atoms in total. The zero-order chi connectivity index (χ0) is 14.3. The lowest BCUT2D eigenvalue weighted by atomic mass is 9.57. The molecule has 0 radical (unpaired) electrons. The minimum absolute atomic E-state index is 0.150. The van der Waals surface area contributed by atoms with Gasteiger partial charge in [-0.2, -0.15) is 0 Å². The zero-order valence-electron chi connectivity index (χ0n) is 12.8. The molecule has 3 heteroatoms. The van der Waals surface area contributed by atoms with E-state index in [0.717, 1.165) is 25.4 Å². The fourth-order valence-corrected chi connectivity index (χ4v) is 3.30. The van der Waals surface area contributed by atoms with Gasteiger partial charge in [-0.3, -0.25) is 0 Å². The highest BCUT2D eigenvalue weighted by Crippen LogP contribution is 2.53. The third kappa shape index (κ3) is 3.52. The zero-order valence-corrected chi connectivity index (χ0v) is 12.8. The van der Waals surface area contributed by atoms with Gasteiger partial charge in [-0.15, -0.1) is 6.58 Å². The Morgan fingerprint density at radius 2 is 1.95 bits per heavy atom. The van der Waals surface area contributed by atoms with E-state index in [9.17, 15) is 4.79 Å². The molecule has 0 N–H and O–H groups in total. The first-order valence-electron chi connectivity index (χ1n) is 7.31. The van der Waals surface area contributed by atoms with Gasteiger partial charge < -0.3 is 9.64 Å². The standard InChI is InChI=1S/C16H27NO2/c1-12(2)6-7-13-8-16(9-13)10-17(11-16)14(18)19-15(3,4)5/h13H,1,6-11H2,2-5H3. The average Bonchev–Trinajstić information content (AvgIpc) is 2.08. The van der Waals surface area contributed by atoms with Crippen molar-refractivity contribution < 1.29 is 9.53 Å². The van der Waals surface area contributed by atoms with Crippen LogP contribution in [0.2, 0.25) is 0 Å². The quantitative estimate of drug-likeness (QED) is 0.722. The number of rotatable bonds is 3. The minimum Gasteiger partial charge on any atom is -0.444 e. The van der Waals surface area contributed by atoms with Crippen LogP contribution in [-0.2, 0) is 4.74 Å². The maximum absolute atomic E-state index is 11.9. The molecule has 2 aliphatic rings. The van der Waals surface area contributed by atoms with Gasteiger partial charge in [-0.1, -0.05) is 5.57 Å². The Morgan fingerprint density at radius 3 is 2.42 bits per heavy atom. The summed E-state index contributed by atoms with van der Waals surface area (Å²) in [6.45, 7) is 13.6. The highest BCUT2D eigenvalue weighted by Gasteiger charge is 2.53. The van der Waals surface area contributed by atoms with Crippen molar-refractivity contribution in [1.29, 1.82) is 0 Å². The van der Waals surface area contributed by atoms with Crippen LogP contribution in [0, 0.1) is 11.3 Å². The summed E-state index contributed by atoms with van der Waals surface area (Å²) in [6.07, 6.45) is 4.82. The number of carbonyl (C=O) groups is 1. The lowest BCUT2D eigenvalue weighted by molar-refractivity contribution is -0.0963. The molecule has 1 saturated heterocycles. The second-order valence-corrected chi connectivity index (χ2v) is 7.61. The third-order valence-corrected chi connectivity index (χ3v) is 4.13. The Labute approximate surface area is 117 Å². The molecule has 0 atom stereocenters. The molecule has 0 unspecified atom stereocenters. The van der Waals surface area contributed by atoms with E-state index in [-0.39, 0.29) is 11.7 Å². The van der Waals surface area contributed by atoms with Crippen LogP contribution >= 0.6 is 0 Å². The molecule has 1 aliphatic heterocycles. The number of allylic oxidation sites excluding steroid dienone is 1. The van der Waals surface area contributed by atoms with Crippen molar-refractivity contribution in [2.75, 3.05) is 13.1 Å². The molecule has 1 amide bonds. The molecule has 19 heavy (non-hydrogen) atoms. The van der Waals surface area contributed by atoms with Gasteiger partial charge in [0.2, 0.25) is 0 Å². The first-order valence-corrected chi connectivity index (χ1v) is 7.31. The summed E-state index contributed by atoms with van der Waals surface area (Å²) in [5.41, 5.74) is 1.32. The Morgan fingerprint density at radius 1 is 1.37 bits per heavy atom. The number of ether oxygens (including phenoxy) is 1. The second-order valence-electron chi connectivity index (χ2n) is 7.61. The van der Waals surface area contributed by atoms with Crippen molar-refractivity contribution in [3.63, 3.8) is 0 Å². The molecule has 0 bridgehead atoms. The van der Waals surface area contributed by atoms with Crippen molar-refractivity contribution in [2.45, 2.75) is 59.0 Å². The van der Waals surface area contributed by atoms with Crippen molar-refractivity contribution in [1.82, 2.24) is 4.90 Å². The fourth-order valence-electron chi connectivity index (χ4n) is 3.30. The summed E-state index contributed by atoms with van der Waals surface area (Å²) in [6, 6.07) is 0. The summed E-state index contributed by atoms with van der Waals surface area (Å²) in [7, 11) is 0. The maximum Gasteiger partial charge on any atom is 0.410 e. The molecule has 0 aromatic rings. The molecule has 2 rings (SSSR count). The number of hydrogen-bond acceptors (Lipinski definition) is 2. The van der Waals surface area contributed by atoms with E-state index in [1.165, 1.54) is 24.8 Å². The van der Waals surface area contributed by atoms with E-state index in [0.29, 0.717) is 5.41 Å². The lowest BCUT2D eigenvalue weighted by Gasteiger charge is -2.59. The van der Waals surface area contributed by atoms with Crippen LogP contribution in [0.1, 0.15) is 53.4 Å². The Kier molecular flexibility index (Phi) is 3.67. The summed E-state index contributed by atoms with van der Waals surface area (Å²) in [4.78, 5) is 13.7. The SMILES string of the molecule is C=C(C)CCC1CC2(C1)CN(C(=O)OC(C)(C)C)C2. The normalized spacial score (nSPS) is 21.8. The number of likely N-dealkylation sites (tertiary alicyclic amines) is 1. The number of hydrogen-bond donors (Lipinski definition) is 0. The molecule has 2 fully saturated rings. The Hall–Kier alpha value is -0.990. The second kappa shape index (κ2) is 4.84. The van der Waals surface area contributed by atoms with E-state index < -0.39 is 0 Å². The van der Waals surface area contributed by atoms with Gasteiger partial charge in [0.25, 0.3) is 0 Å². The summed E-state index contributed by atoms with van der Waals surface area (Å²) in [5, 5.41) is 0. The maximum atomic E-state index is 11.9. The molecular formula is C16H27NO2. The van der Waals surface area contributed by atoms with E-state index >= 15 is 0 Å². The van der Waals surface area contributed by atoms with Crippen molar-refractivity contribution in [2.24, 2.45) is 11.3 Å².